The largest absolute Gasteiger partial charge is 0.316 e. The third-order valence-electron chi connectivity index (χ3n) is 4.15. The topological polar surface area (TPSA) is 12.0 Å². The van der Waals surface area contributed by atoms with Crippen molar-refractivity contribution >= 4 is 11.6 Å². The molecule has 1 nitrogen and oxygen atoms in total. The van der Waals surface area contributed by atoms with Crippen LogP contribution < -0.4 is 5.32 Å². The van der Waals surface area contributed by atoms with Gasteiger partial charge in [0.05, 0.1) is 0 Å². The van der Waals surface area contributed by atoms with E-state index >= 15 is 0 Å². The molecule has 0 amide bonds. The van der Waals surface area contributed by atoms with Crippen LogP contribution in [0.3, 0.4) is 0 Å². The van der Waals surface area contributed by atoms with Crippen LogP contribution in [-0.4, -0.2) is 13.1 Å². The Morgan fingerprint density at radius 1 is 1.17 bits per heavy atom. The van der Waals surface area contributed by atoms with Crippen molar-refractivity contribution < 1.29 is 0 Å². The summed E-state index contributed by atoms with van der Waals surface area (Å²) in [4.78, 5) is 0. The van der Waals surface area contributed by atoms with E-state index in [9.17, 15) is 0 Å². The van der Waals surface area contributed by atoms with E-state index < -0.39 is 0 Å². The quantitative estimate of drug-likeness (QED) is 0.771. The highest BCUT2D eigenvalue weighted by Gasteiger charge is 2.34. The monoisotopic (exact) mass is 265 g/mol. The molecule has 1 aliphatic rings. The number of benzene rings is 1. The number of hydrogen-bond acceptors (Lipinski definition) is 1. The third-order valence-corrected chi connectivity index (χ3v) is 4.48. The van der Waals surface area contributed by atoms with Crippen LogP contribution in [0.4, 0.5) is 0 Å². The van der Waals surface area contributed by atoms with Crippen molar-refractivity contribution in [2.45, 2.75) is 50.9 Å². The van der Waals surface area contributed by atoms with Gasteiger partial charge in [-0.2, -0.15) is 0 Å². The van der Waals surface area contributed by atoms with Crippen molar-refractivity contribution in [3.05, 3.63) is 34.9 Å². The standard InChI is InChI=1S/C16H24ClN/c1-2-12-18-13-16(10-6-3-7-11-16)14-8-4-5-9-15(14)17/h4-5,8-9,18H,2-3,6-7,10-13H2,1H3. The van der Waals surface area contributed by atoms with E-state index in [2.05, 4.69) is 24.4 Å². The van der Waals surface area contributed by atoms with Crippen LogP contribution in [0.2, 0.25) is 5.02 Å². The van der Waals surface area contributed by atoms with E-state index in [0.717, 1.165) is 18.1 Å². The van der Waals surface area contributed by atoms with Crippen molar-refractivity contribution in [2.75, 3.05) is 13.1 Å². The molecule has 2 heteroatoms. The maximum Gasteiger partial charge on any atom is 0.0444 e. The minimum Gasteiger partial charge on any atom is -0.316 e. The van der Waals surface area contributed by atoms with Gasteiger partial charge in [0.25, 0.3) is 0 Å². The van der Waals surface area contributed by atoms with Crippen LogP contribution in [-0.2, 0) is 5.41 Å². The second-order valence-electron chi connectivity index (χ2n) is 5.50. The van der Waals surface area contributed by atoms with E-state index in [1.54, 1.807) is 0 Å². The van der Waals surface area contributed by atoms with Gasteiger partial charge in [0.15, 0.2) is 0 Å². The molecular weight excluding hydrogens is 242 g/mol. The van der Waals surface area contributed by atoms with Crippen LogP contribution in [0, 0.1) is 0 Å². The third kappa shape index (κ3) is 3.07. The first kappa shape index (κ1) is 13.9. The van der Waals surface area contributed by atoms with Crippen LogP contribution >= 0.6 is 11.6 Å². The molecular formula is C16H24ClN. The molecule has 100 valence electrons. The van der Waals surface area contributed by atoms with E-state index in [0.29, 0.717) is 0 Å². The lowest BCUT2D eigenvalue weighted by atomic mass is 9.69. The molecule has 0 radical (unpaired) electrons. The summed E-state index contributed by atoms with van der Waals surface area (Å²) >= 11 is 6.43. The molecule has 2 rings (SSSR count). The zero-order chi connectivity index (χ0) is 12.8. The Labute approximate surface area is 116 Å². The Bertz CT molecular complexity index is 369. The second-order valence-corrected chi connectivity index (χ2v) is 5.90. The molecule has 1 N–H and O–H groups in total. The van der Waals surface area contributed by atoms with Gasteiger partial charge in [-0.05, 0) is 37.4 Å². The first-order valence-electron chi connectivity index (χ1n) is 7.24. The van der Waals surface area contributed by atoms with Crippen molar-refractivity contribution in [1.82, 2.24) is 5.32 Å². The Kier molecular flexibility index (Phi) is 5.08. The Hall–Kier alpha value is -0.530. The number of halogens is 1. The second kappa shape index (κ2) is 6.58. The zero-order valence-corrected chi connectivity index (χ0v) is 12.1. The van der Waals surface area contributed by atoms with Gasteiger partial charge in [0, 0.05) is 17.0 Å². The van der Waals surface area contributed by atoms with Crippen molar-refractivity contribution in [2.24, 2.45) is 0 Å². The highest BCUT2D eigenvalue weighted by molar-refractivity contribution is 6.31. The summed E-state index contributed by atoms with van der Waals surface area (Å²) in [5.41, 5.74) is 1.63. The van der Waals surface area contributed by atoms with Crippen LogP contribution in [0.1, 0.15) is 51.0 Å². The van der Waals surface area contributed by atoms with Gasteiger partial charge in [-0.15, -0.1) is 0 Å². The normalized spacial score (nSPS) is 18.8. The molecule has 1 aromatic rings. The van der Waals surface area contributed by atoms with E-state index in [4.69, 9.17) is 11.6 Å². The fourth-order valence-corrected chi connectivity index (χ4v) is 3.50. The molecule has 0 atom stereocenters. The van der Waals surface area contributed by atoms with E-state index in [-0.39, 0.29) is 5.41 Å². The van der Waals surface area contributed by atoms with Gasteiger partial charge in [-0.3, -0.25) is 0 Å². The summed E-state index contributed by atoms with van der Waals surface area (Å²) in [6, 6.07) is 8.41. The highest BCUT2D eigenvalue weighted by atomic mass is 35.5. The summed E-state index contributed by atoms with van der Waals surface area (Å²) in [7, 11) is 0. The Morgan fingerprint density at radius 3 is 2.56 bits per heavy atom. The lowest BCUT2D eigenvalue weighted by molar-refractivity contribution is 0.280. The predicted molar refractivity (Wildman–Crippen MR) is 79.4 cm³/mol. The molecule has 1 saturated carbocycles. The number of rotatable bonds is 5. The average Bonchev–Trinajstić information content (AvgIpc) is 2.40. The van der Waals surface area contributed by atoms with Crippen molar-refractivity contribution in [1.29, 1.82) is 0 Å². The molecule has 0 spiro atoms. The first-order chi connectivity index (χ1) is 8.78. The fraction of sp³-hybridized carbons (Fsp3) is 0.625. The van der Waals surface area contributed by atoms with Gasteiger partial charge in [0.1, 0.15) is 0 Å². The summed E-state index contributed by atoms with van der Waals surface area (Å²) in [5, 5.41) is 4.55. The lowest BCUT2D eigenvalue weighted by Crippen LogP contribution is -2.40. The predicted octanol–water partition coefficient (Wildman–Crippen LogP) is 4.54. The molecule has 1 aromatic carbocycles. The molecule has 0 heterocycles. The lowest BCUT2D eigenvalue weighted by Gasteiger charge is -2.38. The SMILES string of the molecule is CCCNCC1(c2ccccc2Cl)CCCCC1. The Balaban J connectivity index is 2.21. The first-order valence-corrected chi connectivity index (χ1v) is 7.62. The fourth-order valence-electron chi connectivity index (χ4n) is 3.17. The van der Waals surface area contributed by atoms with Gasteiger partial charge in [0.2, 0.25) is 0 Å². The molecule has 0 saturated heterocycles. The Morgan fingerprint density at radius 2 is 1.89 bits per heavy atom. The van der Waals surface area contributed by atoms with Crippen molar-refractivity contribution in [3.8, 4) is 0 Å². The molecule has 1 fully saturated rings. The van der Waals surface area contributed by atoms with Gasteiger partial charge < -0.3 is 5.32 Å². The molecule has 1 aliphatic carbocycles. The van der Waals surface area contributed by atoms with Crippen molar-refractivity contribution in [3.63, 3.8) is 0 Å². The molecule has 0 aromatic heterocycles. The molecule has 0 aliphatic heterocycles. The molecule has 0 bridgehead atoms. The smallest absolute Gasteiger partial charge is 0.0444 e. The van der Waals surface area contributed by atoms with Crippen LogP contribution in [0.15, 0.2) is 24.3 Å². The summed E-state index contributed by atoms with van der Waals surface area (Å²) in [6.07, 6.45) is 7.78. The maximum absolute atomic E-state index is 6.43. The highest BCUT2D eigenvalue weighted by Crippen LogP contribution is 2.41. The minimum atomic E-state index is 0.270. The zero-order valence-electron chi connectivity index (χ0n) is 11.3. The van der Waals surface area contributed by atoms with Crippen LogP contribution in [0.25, 0.3) is 0 Å². The average molecular weight is 266 g/mol. The van der Waals surface area contributed by atoms with Crippen LogP contribution in [0.5, 0.6) is 0 Å². The summed E-state index contributed by atoms with van der Waals surface area (Å²) in [6.45, 7) is 4.40. The van der Waals surface area contributed by atoms with Gasteiger partial charge in [-0.25, -0.2) is 0 Å². The molecule has 18 heavy (non-hydrogen) atoms. The maximum atomic E-state index is 6.43. The minimum absolute atomic E-state index is 0.270. The van der Waals surface area contributed by atoms with Gasteiger partial charge >= 0.3 is 0 Å². The van der Waals surface area contributed by atoms with E-state index in [1.165, 1.54) is 44.1 Å². The molecule has 0 unspecified atom stereocenters. The summed E-state index contributed by atoms with van der Waals surface area (Å²) in [5.74, 6) is 0. The number of hydrogen-bond donors (Lipinski definition) is 1. The van der Waals surface area contributed by atoms with E-state index in [1.807, 2.05) is 12.1 Å². The number of nitrogens with one attached hydrogen (secondary N) is 1. The summed E-state index contributed by atoms with van der Waals surface area (Å²) < 4.78 is 0. The van der Waals surface area contributed by atoms with Gasteiger partial charge in [-0.1, -0.05) is 56.0 Å².